The number of para-hydroxylation sites is 1. The molecule has 6 rings (SSSR count). The molecule has 4 aromatic carbocycles. The summed E-state index contributed by atoms with van der Waals surface area (Å²) in [5.41, 5.74) is 7.14. The Morgan fingerprint density at radius 2 is 1.64 bits per heavy atom. The molecule has 0 saturated carbocycles. The molecule has 2 aromatic heterocycles. The molecular formula is C40H36FN5O7. The molecular weight excluding hydrogens is 681 g/mol. The molecule has 1 unspecified atom stereocenters. The van der Waals surface area contributed by atoms with Gasteiger partial charge in [-0.25, -0.2) is 18.7 Å². The van der Waals surface area contributed by atoms with Crippen molar-refractivity contribution >= 4 is 34.4 Å². The summed E-state index contributed by atoms with van der Waals surface area (Å²) in [7, 11) is 1.55. The van der Waals surface area contributed by atoms with Gasteiger partial charge in [0.05, 0.1) is 29.6 Å². The van der Waals surface area contributed by atoms with Crippen molar-refractivity contribution < 1.29 is 33.0 Å². The van der Waals surface area contributed by atoms with Crippen molar-refractivity contribution in [3.05, 3.63) is 142 Å². The van der Waals surface area contributed by atoms with Crippen LogP contribution >= 0.6 is 0 Å². The number of ether oxygens (including phenoxy) is 3. The van der Waals surface area contributed by atoms with Crippen molar-refractivity contribution in [1.29, 1.82) is 0 Å². The van der Waals surface area contributed by atoms with Crippen molar-refractivity contribution in [2.45, 2.75) is 32.9 Å². The van der Waals surface area contributed by atoms with Crippen LogP contribution in [0.15, 0.2) is 114 Å². The SMILES string of the molecule is COc1ccc2c(Oc3ccc(NC(=O)c4c(C)n(C[C@@H](C)CC(N)C(=O)OC(=O)c5ccccc5)n(-c5ccccc5)c4=O)cc3F)ccnc2c1. The third-order valence-electron chi connectivity index (χ3n) is 8.59. The number of methoxy groups -OCH3 is 1. The number of nitrogens with zero attached hydrogens (tertiary/aromatic N) is 3. The van der Waals surface area contributed by atoms with Gasteiger partial charge in [0, 0.05) is 35.9 Å². The molecule has 0 aliphatic heterocycles. The van der Waals surface area contributed by atoms with E-state index in [2.05, 4.69) is 10.3 Å². The molecule has 2 heterocycles. The lowest BCUT2D eigenvalue weighted by Crippen LogP contribution is -2.36. The van der Waals surface area contributed by atoms with E-state index in [0.29, 0.717) is 33.8 Å². The number of anilines is 1. The second-order valence-electron chi connectivity index (χ2n) is 12.4. The lowest BCUT2D eigenvalue weighted by Gasteiger charge is -2.20. The predicted octanol–water partition coefficient (Wildman–Crippen LogP) is 6.43. The Morgan fingerprint density at radius 1 is 0.925 bits per heavy atom. The standard InChI is InChI=1S/C40H36FN5O7/c1-24(20-32(42)40(50)53-39(49)26-10-6-4-7-11-26)23-45-25(2)36(38(48)46(45)28-12-8-5-9-13-28)37(47)44-27-14-17-35(31(41)21-27)52-34-18-19-43-33-22-29(51-3)15-16-30(33)34/h4-19,21-22,24,32H,20,23,42H2,1-3H3,(H,44,47)/t24-,32?/m0/s1. The zero-order valence-corrected chi connectivity index (χ0v) is 29.1. The first-order chi connectivity index (χ1) is 25.5. The Kier molecular flexibility index (Phi) is 10.8. The number of hydrogen-bond donors (Lipinski definition) is 2. The highest BCUT2D eigenvalue weighted by Gasteiger charge is 2.27. The molecule has 0 fully saturated rings. The third-order valence-corrected chi connectivity index (χ3v) is 8.59. The molecule has 12 nitrogen and oxygen atoms in total. The summed E-state index contributed by atoms with van der Waals surface area (Å²) in [5.74, 6) is -2.59. The Morgan fingerprint density at radius 3 is 2.34 bits per heavy atom. The van der Waals surface area contributed by atoms with Gasteiger partial charge in [-0.3, -0.25) is 19.3 Å². The van der Waals surface area contributed by atoms with E-state index < -0.39 is 35.3 Å². The van der Waals surface area contributed by atoms with Gasteiger partial charge in [-0.05, 0) is 73.9 Å². The summed E-state index contributed by atoms with van der Waals surface area (Å²) in [4.78, 5) is 57.0. The normalized spacial score (nSPS) is 12.2. The molecule has 0 saturated heterocycles. The molecule has 2 atom stereocenters. The van der Waals surface area contributed by atoms with Crippen LogP contribution in [-0.2, 0) is 16.1 Å². The van der Waals surface area contributed by atoms with Crippen molar-refractivity contribution in [1.82, 2.24) is 14.3 Å². The molecule has 0 aliphatic rings. The van der Waals surface area contributed by atoms with Gasteiger partial charge in [0.2, 0.25) is 0 Å². The van der Waals surface area contributed by atoms with Crippen LogP contribution in [0.25, 0.3) is 16.6 Å². The van der Waals surface area contributed by atoms with Crippen molar-refractivity contribution in [2.24, 2.45) is 11.7 Å². The van der Waals surface area contributed by atoms with Gasteiger partial charge >= 0.3 is 11.9 Å². The Bertz CT molecular complexity index is 2360. The van der Waals surface area contributed by atoms with Crippen molar-refractivity contribution in [3.63, 3.8) is 0 Å². The minimum Gasteiger partial charge on any atom is -0.497 e. The smallest absolute Gasteiger partial charge is 0.345 e. The van der Waals surface area contributed by atoms with E-state index in [4.69, 9.17) is 19.9 Å². The van der Waals surface area contributed by atoms with Crippen LogP contribution in [0.4, 0.5) is 10.1 Å². The highest BCUT2D eigenvalue weighted by molar-refractivity contribution is 6.05. The van der Waals surface area contributed by atoms with E-state index in [0.717, 1.165) is 6.07 Å². The second-order valence-corrected chi connectivity index (χ2v) is 12.4. The number of aromatic nitrogens is 3. The fourth-order valence-corrected chi connectivity index (χ4v) is 5.95. The third kappa shape index (κ3) is 8.00. The van der Waals surface area contributed by atoms with Gasteiger partial charge in [-0.15, -0.1) is 0 Å². The van der Waals surface area contributed by atoms with Crippen LogP contribution in [0.2, 0.25) is 0 Å². The average molecular weight is 718 g/mol. The zero-order valence-electron chi connectivity index (χ0n) is 29.1. The quantitative estimate of drug-likeness (QED) is 0.108. The summed E-state index contributed by atoms with van der Waals surface area (Å²) in [5, 5.41) is 3.29. The number of rotatable bonds is 12. The summed E-state index contributed by atoms with van der Waals surface area (Å²) in [6.07, 6.45) is 1.65. The van der Waals surface area contributed by atoms with Crippen molar-refractivity contribution in [2.75, 3.05) is 12.4 Å². The Hall–Kier alpha value is -6.60. The van der Waals surface area contributed by atoms with Crippen LogP contribution in [-0.4, -0.2) is 45.3 Å². The first-order valence-electron chi connectivity index (χ1n) is 16.7. The molecule has 13 heteroatoms. The fourth-order valence-electron chi connectivity index (χ4n) is 5.95. The molecule has 0 spiro atoms. The number of hydrogen-bond acceptors (Lipinski definition) is 9. The molecule has 0 aliphatic carbocycles. The first-order valence-corrected chi connectivity index (χ1v) is 16.7. The highest BCUT2D eigenvalue weighted by Crippen LogP contribution is 2.33. The van der Waals surface area contributed by atoms with Crippen LogP contribution in [0.3, 0.4) is 0 Å². The lowest BCUT2D eigenvalue weighted by molar-refractivity contribution is -0.139. The van der Waals surface area contributed by atoms with Crippen molar-refractivity contribution in [3.8, 4) is 22.9 Å². The minimum atomic E-state index is -1.13. The zero-order chi connectivity index (χ0) is 37.6. The molecule has 0 bridgehead atoms. The summed E-state index contributed by atoms with van der Waals surface area (Å²) >= 11 is 0. The maximum atomic E-state index is 15.4. The molecule has 1 amide bonds. The van der Waals surface area contributed by atoms with E-state index in [1.807, 2.05) is 6.92 Å². The minimum absolute atomic E-state index is 0.0828. The topological polar surface area (TPSA) is 157 Å². The van der Waals surface area contributed by atoms with Crippen LogP contribution in [0.1, 0.15) is 39.8 Å². The van der Waals surface area contributed by atoms with Gasteiger partial charge in [0.25, 0.3) is 11.5 Å². The largest absolute Gasteiger partial charge is 0.497 e. The van der Waals surface area contributed by atoms with Gasteiger partial charge in [0.15, 0.2) is 11.6 Å². The molecule has 53 heavy (non-hydrogen) atoms. The van der Waals surface area contributed by atoms with Gasteiger partial charge < -0.3 is 25.3 Å². The van der Waals surface area contributed by atoms with E-state index in [1.54, 1.807) is 97.7 Å². The van der Waals surface area contributed by atoms with Gasteiger partial charge in [-0.2, -0.15) is 0 Å². The van der Waals surface area contributed by atoms with E-state index in [1.165, 1.54) is 28.9 Å². The monoisotopic (exact) mass is 717 g/mol. The summed E-state index contributed by atoms with van der Waals surface area (Å²) in [6.45, 7) is 3.62. The Labute approximate surface area is 303 Å². The molecule has 0 radical (unpaired) electrons. The van der Waals surface area contributed by atoms with Gasteiger partial charge in [-0.1, -0.05) is 43.3 Å². The lowest BCUT2D eigenvalue weighted by atomic mass is 10.0. The van der Waals surface area contributed by atoms with E-state index >= 15 is 4.39 Å². The maximum Gasteiger partial charge on any atom is 0.345 e. The number of nitrogens with two attached hydrogens (primary N) is 1. The van der Waals surface area contributed by atoms with Crippen LogP contribution in [0.5, 0.6) is 17.2 Å². The Balaban J connectivity index is 1.20. The molecule has 6 aromatic rings. The number of benzene rings is 4. The number of nitrogens with one attached hydrogen (secondary N) is 1. The van der Waals surface area contributed by atoms with Crippen LogP contribution < -0.4 is 26.1 Å². The van der Waals surface area contributed by atoms with Gasteiger partial charge in [0.1, 0.15) is 23.1 Å². The average Bonchev–Trinajstić information content (AvgIpc) is 3.40. The van der Waals surface area contributed by atoms with E-state index in [-0.39, 0.29) is 41.4 Å². The number of halogens is 1. The summed E-state index contributed by atoms with van der Waals surface area (Å²) < 4.78 is 34.5. The number of fused-ring (bicyclic) bond motifs is 1. The fraction of sp³-hybridized carbons (Fsp3) is 0.175. The number of carbonyl (C=O) groups is 3. The maximum absolute atomic E-state index is 15.4. The second kappa shape index (κ2) is 15.7. The highest BCUT2D eigenvalue weighted by atomic mass is 19.1. The van der Waals surface area contributed by atoms with Crippen LogP contribution in [0, 0.1) is 18.7 Å². The first kappa shape index (κ1) is 36.2. The van der Waals surface area contributed by atoms with E-state index in [9.17, 15) is 19.2 Å². The number of esters is 2. The number of carbonyl (C=O) groups excluding carboxylic acids is 3. The predicted molar refractivity (Wildman–Crippen MR) is 196 cm³/mol. The molecule has 270 valence electrons. The molecule has 3 N–H and O–H groups in total. The number of amides is 1. The summed E-state index contributed by atoms with van der Waals surface area (Å²) in [6, 6.07) is 26.5. The number of pyridine rings is 1.